The van der Waals surface area contributed by atoms with Gasteiger partial charge < -0.3 is 0 Å². The number of thiophene rings is 4. The van der Waals surface area contributed by atoms with Gasteiger partial charge in [0.2, 0.25) is 0 Å². The van der Waals surface area contributed by atoms with E-state index in [0.717, 1.165) is 25.7 Å². The molecule has 2 aliphatic carbocycles. The minimum absolute atomic E-state index is 0.489. The van der Waals surface area contributed by atoms with Gasteiger partial charge in [-0.3, -0.25) is 0 Å². The van der Waals surface area contributed by atoms with Crippen LogP contribution in [0.1, 0.15) is 197 Å². The van der Waals surface area contributed by atoms with Crippen LogP contribution >= 0.6 is 45.3 Å². The third kappa shape index (κ3) is 11.0. The SMILES string of the molecule is CCCCCCc1cccc(C2(c3cccc(CCCCCC)c3)c3cc4c(cc3-c3sc5c[c]([Sn]([CH3])([CH3])[CH3])sc5c32)C(c2cccc(CCCCCC)c2)(c2cccc(CCCCCC)c2)c2c-4sc3c[c]([Sn]([CH3])([CH3])[CH3])sc23)c1. The van der Waals surface area contributed by atoms with Gasteiger partial charge in [0, 0.05) is 0 Å². The summed E-state index contributed by atoms with van der Waals surface area (Å²) in [6.45, 7) is 9.36. The van der Waals surface area contributed by atoms with E-state index < -0.39 is 47.6 Å². The standard InChI is InChI=1S/C68H72S4.6CH3.2Sn/c1-5-9-13-17-25-47-29-21-33-51(41-47)67(52-34-22-30-48(42-52)26-18-14-10-6-2)57-45-56-58(46-55(57)63-61(67)65-59(71-63)37-39-69-65)68(62-64(56)72-60-38-40-70-66(60)62,53-35-23-31-49(43-53)27-19-15-11-7-3)54-36-24-32-50(44-54)28-20-16-12-8-4;;;;;;;;/h21-24,29-38,41-46H,5-20,25-28H2,1-4H3;6*1H3;;. The monoisotopic (exact) mass is 1350 g/mol. The molecule has 11 rings (SSSR count). The molecule has 0 bridgehead atoms. The van der Waals surface area contributed by atoms with Gasteiger partial charge in [0.15, 0.2) is 0 Å². The fraction of sp³-hybridized carbons (Fsp3) is 0.432. The van der Waals surface area contributed by atoms with Crippen molar-refractivity contribution in [3.05, 3.63) is 188 Å². The zero-order valence-electron chi connectivity index (χ0n) is 50.3. The van der Waals surface area contributed by atoms with Gasteiger partial charge in [-0.2, -0.15) is 0 Å². The van der Waals surface area contributed by atoms with Crippen LogP contribution in [0.15, 0.2) is 121 Å². The second-order valence-electron chi connectivity index (χ2n) is 26.2. The molecule has 9 aromatic rings. The molecule has 0 radical (unpaired) electrons. The Kier molecular flexibility index (Phi) is 18.3. The van der Waals surface area contributed by atoms with Crippen molar-refractivity contribution in [1.29, 1.82) is 0 Å². The predicted molar refractivity (Wildman–Crippen MR) is 365 cm³/mol. The number of fused-ring (bicyclic) bond motifs is 10. The normalized spacial score (nSPS) is 14.3. The third-order valence-electron chi connectivity index (χ3n) is 18.1. The van der Waals surface area contributed by atoms with E-state index in [4.69, 9.17) is 0 Å². The molecule has 418 valence electrons. The van der Waals surface area contributed by atoms with Crippen LogP contribution in [0.25, 0.3) is 39.7 Å². The predicted octanol–water partition coefficient (Wildman–Crippen LogP) is 22.5. The summed E-state index contributed by atoms with van der Waals surface area (Å²) in [5.74, 6) is 0. The van der Waals surface area contributed by atoms with Crippen molar-refractivity contribution in [3.8, 4) is 20.9 Å². The molecule has 0 spiro atoms. The zero-order chi connectivity index (χ0) is 55.8. The average Bonchev–Trinajstić information content (AvgIpc) is 4.35. The van der Waals surface area contributed by atoms with Crippen LogP contribution in [0.3, 0.4) is 0 Å². The van der Waals surface area contributed by atoms with Crippen molar-refractivity contribution in [1.82, 2.24) is 0 Å². The van der Waals surface area contributed by atoms with Crippen molar-refractivity contribution >= 4 is 107 Å². The van der Waals surface area contributed by atoms with Crippen molar-refractivity contribution in [2.45, 2.75) is 197 Å². The second-order valence-corrected chi connectivity index (χ2v) is 61.2. The van der Waals surface area contributed by atoms with Crippen molar-refractivity contribution in [3.63, 3.8) is 0 Å². The summed E-state index contributed by atoms with van der Waals surface area (Å²) < 4.78 is 9.47. The molecule has 5 aromatic carbocycles. The fourth-order valence-electron chi connectivity index (χ4n) is 13.8. The summed E-state index contributed by atoms with van der Waals surface area (Å²) in [6, 6.07) is 51.4. The van der Waals surface area contributed by atoms with Crippen molar-refractivity contribution < 1.29 is 0 Å². The number of benzene rings is 5. The first kappa shape index (κ1) is 58.8. The van der Waals surface area contributed by atoms with Crippen LogP contribution in [0.4, 0.5) is 0 Å². The molecule has 0 atom stereocenters. The molecule has 4 aromatic heterocycles. The summed E-state index contributed by atoms with van der Waals surface area (Å²) >= 11 is 3.60. The van der Waals surface area contributed by atoms with Gasteiger partial charge in [-0.25, -0.2) is 0 Å². The Morgan fingerprint density at radius 2 is 0.637 bits per heavy atom. The summed E-state index contributed by atoms with van der Waals surface area (Å²) in [6.07, 6.45) is 24.9. The molecule has 0 fully saturated rings. The van der Waals surface area contributed by atoms with Gasteiger partial charge in [0.05, 0.1) is 0 Å². The van der Waals surface area contributed by atoms with Gasteiger partial charge in [-0.15, -0.1) is 0 Å². The van der Waals surface area contributed by atoms with Gasteiger partial charge >= 0.3 is 459 Å². The van der Waals surface area contributed by atoms with E-state index in [2.05, 4.69) is 224 Å². The average molecular weight is 1350 g/mol. The van der Waals surface area contributed by atoms with Crippen LogP contribution in [0.2, 0.25) is 29.6 Å². The Labute approximate surface area is 507 Å². The Morgan fingerprint density at radius 3 is 0.912 bits per heavy atom. The van der Waals surface area contributed by atoms with Crippen LogP contribution < -0.4 is 5.79 Å². The molecule has 4 heterocycles. The number of aryl methyl sites for hydroxylation is 4. The molecule has 0 nitrogen and oxygen atoms in total. The first-order valence-corrected chi connectivity index (χ1v) is 54.7. The topological polar surface area (TPSA) is 0 Å². The Balaban J connectivity index is 1.25. The second kappa shape index (κ2) is 24.9. The summed E-state index contributed by atoms with van der Waals surface area (Å²) in [5.41, 5.74) is 19.8. The molecule has 0 unspecified atom stereocenters. The number of hydrogen-bond acceptors (Lipinski definition) is 4. The maximum absolute atomic E-state index is 2.83. The van der Waals surface area contributed by atoms with Crippen molar-refractivity contribution in [2.24, 2.45) is 0 Å². The van der Waals surface area contributed by atoms with Crippen LogP contribution in [-0.2, 0) is 36.5 Å². The van der Waals surface area contributed by atoms with E-state index in [1.165, 1.54) is 189 Å². The fourth-order valence-corrected chi connectivity index (χ4v) is 30.4. The first-order valence-electron chi connectivity index (χ1n) is 31.5. The molecular weight excluding hydrogens is 1250 g/mol. The number of rotatable bonds is 26. The number of hydrogen-bond donors (Lipinski definition) is 0. The minimum atomic E-state index is -2.50. The van der Waals surface area contributed by atoms with Gasteiger partial charge in [-0.05, 0) is 0 Å². The van der Waals surface area contributed by atoms with E-state index in [-0.39, 0.29) is 0 Å². The quantitative estimate of drug-likeness (QED) is 0.0374. The third-order valence-corrected chi connectivity index (χ3v) is 41.9. The first-order chi connectivity index (χ1) is 38.7. The Morgan fingerprint density at radius 1 is 0.338 bits per heavy atom. The molecule has 0 N–H and O–H groups in total. The van der Waals surface area contributed by atoms with Gasteiger partial charge in [0.1, 0.15) is 0 Å². The summed E-state index contributed by atoms with van der Waals surface area (Å²) in [7, 11) is 0. The van der Waals surface area contributed by atoms with Crippen molar-refractivity contribution in [2.75, 3.05) is 0 Å². The summed E-state index contributed by atoms with van der Waals surface area (Å²) in [4.78, 5) is 18.7. The molecule has 0 amide bonds. The van der Waals surface area contributed by atoms with E-state index in [1.807, 2.05) is 0 Å². The molecular formula is C74H90S4Sn2. The van der Waals surface area contributed by atoms with Crippen LogP contribution in [0.5, 0.6) is 0 Å². The van der Waals surface area contributed by atoms with E-state index in [0.29, 0.717) is 0 Å². The van der Waals surface area contributed by atoms with Crippen LogP contribution in [0, 0.1) is 0 Å². The Hall–Kier alpha value is -2.98. The Bertz CT molecular complexity index is 3270. The molecule has 0 saturated carbocycles. The summed E-state index contributed by atoms with van der Waals surface area (Å²) in [5, 5.41) is 0. The molecule has 2 aliphatic rings. The van der Waals surface area contributed by atoms with E-state index in [1.54, 1.807) is 26.3 Å². The van der Waals surface area contributed by atoms with E-state index in [9.17, 15) is 0 Å². The zero-order valence-corrected chi connectivity index (χ0v) is 59.3. The molecule has 0 saturated heterocycles. The maximum atomic E-state index is 2.83. The van der Waals surface area contributed by atoms with E-state index >= 15 is 0 Å². The molecule has 6 heteroatoms. The molecule has 80 heavy (non-hydrogen) atoms. The van der Waals surface area contributed by atoms with Gasteiger partial charge in [0.25, 0.3) is 0 Å². The van der Waals surface area contributed by atoms with Crippen LogP contribution in [-0.4, -0.2) is 36.8 Å². The van der Waals surface area contributed by atoms with Gasteiger partial charge in [-0.1, -0.05) is 53.4 Å². The number of unbranched alkanes of at least 4 members (excludes halogenated alkanes) is 12. The molecule has 0 aliphatic heterocycles.